The van der Waals surface area contributed by atoms with Crippen LogP contribution in [0.2, 0.25) is 0 Å². The zero-order valence-corrected chi connectivity index (χ0v) is 14.8. The number of nitrogens with one attached hydrogen (secondary N) is 3. The zero-order valence-electron chi connectivity index (χ0n) is 14.8. The maximum atomic E-state index is 11.6. The molecule has 1 aliphatic rings. The van der Waals surface area contributed by atoms with Gasteiger partial charge < -0.3 is 16.0 Å². The molecule has 1 fully saturated rings. The summed E-state index contributed by atoms with van der Waals surface area (Å²) in [4.78, 5) is 15.8. The molecule has 5 heteroatoms. The van der Waals surface area contributed by atoms with Gasteiger partial charge in [0.25, 0.3) is 0 Å². The van der Waals surface area contributed by atoms with E-state index in [0.717, 1.165) is 31.4 Å². The molecular formula is C17H34N4O. The van der Waals surface area contributed by atoms with Crippen LogP contribution in [0.1, 0.15) is 59.3 Å². The van der Waals surface area contributed by atoms with Gasteiger partial charge in [-0.2, -0.15) is 0 Å². The highest BCUT2D eigenvalue weighted by atomic mass is 16.1. The Morgan fingerprint density at radius 1 is 1.18 bits per heavy atom. The molecule has 0 bridgehead atoms. The van der Waals surface area contributed by atoms with E-state index in [2.05, 4.69) is 41.7 Å². The van der Waals surface area contributed by atoms with Crippen LogP contribution in [-0.2, 0) is 4.79 Å². The van der Waals surface area contributed by atoms with E-state index in [4.69, 9.17) is 0 Å². The molecule has 1 saturated carbocycles. The second-order valence-corrected chi connectivity index (χ2v) is 6.90. The topological polar surface area (TPSA) is 65.5 Å². The molecule has 5 nitrogen and oxygen atoms in total. The molecule has 1 rings (SSSR count). The van der Waals surface area contributed by atoms with E-state index in [1.807, 2.05) is 0 Å². The second kappa shape index (κ2) is 9.70. The van der Waals surface area contributed by atoms with Crippen LogP contribution in [0.4, 0.5) is 0 Å². The lowest BCUT2D eigenvalue weighted by molar-refractivity contribution is -0.120. The Bertz CT molecular complexity index is 362. The van der Waals surface area contributed by atoms with Crippen molar-refractivity contribution in [1.29, 1.82) is 0 Å². The summed E-state index contributed by atoms with van der Waals surface area (Å²) in [7, 11) is 1.78. The van der Waals surface area contributed by atoms with Crippen LogP contribution in [-0.4, -0.2) is 38.5 Å². The van der Waals surface area contributed by atoms with E-state index in [1.165, 1.54) is 25.7 Å². The molecule has 0 heterocycles. The molecule has 0 aromatic heterocycles. The first-order valence-corrected chi connectivity index (χ1v) is 8.72. The minimum Gasteiger partial charge on any atom is -0.356 e. The molecule has 0 unspecified atom stereocenters. The number of hydrogen-bond donors (Lipinski definition) is 3. The Morgan fingerprint density at radius 3 is 2.41 bits per heavy atom. The third-order valence-corrected chi connectivity index (χ3v) is 4.33. The molecule has 0 aliphatic heterocycles. The first-order valence-electron chi connectivity index (χ1n) is 8.72. The first-order chi connectivity index (χ1) is 10.5. The SMILES string of the molecule is CCCNC(=O)CCNC(=NC)NCC1(CC(C)C)CCC1. The van der Waals surface area contributed by atoms with Gasteiger partial charge in [0, 0.05) is 33.1 Å². The van der Waals surface area contributed by atoms with Crippen LogP contribution < -0.4 is 16.0 Å². The van der Waals surface area contributed by atoms with Crippen molar-refractivity contribution in [3.05, 3.63) is 0 Å². The Kier molecular flexibility index (Phi) is 8.28. The highest BCUT2D eigenvalue weighted by molar-refractivity contribution is 5.81. The summed E-state index contributed by atoms with van der Waals surface area (Å²) in [6.07, 6.45) is 6.70. The molecule has 1 amide bonds. The van der Waals surface area contributed by atoms with Gasteiger partial charge in [-0.15, -0.1) is 0 Å². The van der Waals surface area contributed by atoms with Crippen LogP contribution >= 0.6 is 0 Å². The molecule has 0 saturated heterocycles. The van der Waals surface area contributed by atoms with E-state index >= 15 is 0 Å². The van der Waals surface area contributed by atoms with E-state index < -0.39 is 0 Å². The number of carbonyl (C=O) groups excluding carboxylic acids is 1. The van der Waals surface area contributed by atoms with Gasteiger partial charge in [0.2, 0.25) is 5.91 Å². The van der Waals surface area contributed by atoms with Crippen LogP contribution in [0, 0.1) is 11.3 Å². The number of carbonyl (C=O) groups is 1. The molecule has 1 aliphatic carbocycles. The van der Waals surface area contributed by atoms with Gasteiger partial charge in [0.1, 0.15) is 0 Å². The third-order valence-electron chi connectivity index (χ3n) is 4.33. The Morgan fingerprint density at radius 2 is 1.91 bits per heavy atom. The number of amides is 1. The van der Waals surface area contributed by atoms with Crippen molar-refractivity contribution in [2.24, 2.45) is 16.3 Å². The molecular weight excluding hydrogens is 276 g/mol. The van der Waals surface area contributed by atoms with Crippen molar-refractivity contribution < 1.29 is 4.79 Å². The fourth-order valence-corrected chi connectivity index (χ4v) is 3.13. The van der Waals surface area contributed by atoms with Crippen molar-refractivity contribution in [3.8, 4) is 0 Å². The summed E-state index contributed by atoms with van der Waals surface area (Å²) in [6.45, 7) is 8.99. The lowest BCUT2D eigenvalue weighted by atomic mass is 9.64. The summed E-state index contributed by atoms with van der Waals surface area (Å²) in [6, 6.07) is 0. The van der Waals surface area contributed by atoms with Gasteiger partial charge in [0.05, 0.1) is 0 Å². The largest absolute Gasteiger partial charge is 0.356 e. The highest BCUT2D eigenvalue weighted by Crippen LogP contribution is 2.45. The Labute approximate surface area is 135 Å². The second-order valence-electron chi connectivity index (χ2n) is 6.90. The van der Waals surface area contributed by atoms with E-state index in [9.17, 15) is 4.79 Å². The monoisotopic (exact) mass is 310 g/mol. The van der Waals surface area contributed by atoms with E-state index in [1.54, 1.807) is 7.05 Å². The van der Waals surface area contributed by atoms with Gasteiger partial charge in [0.15, 0.2) is 5.96 Å². The molecule has 0 spiro atoms. The van der Waals surface area contributed by atoms with Crippen molar-refractivity contribution in [1.82, 2.24) is 16.0 Å². The molecule has 22 heavy (non-hydrogen) atoms. The minimum absolute atomic E-state index is 0.0973. The molecule has 0 aromatic rings. The van der Waals surface area contributed by atoms with Crippen molar-refractivity contribution in [2.45, 2.75) is 59.3 Å². The Balaban J connectivity index is 2.26. The molecule has 0 radical (unpaired) electrons. The zero-order chi connectivity index (χ0) is 16.4. The van der Waals surface area contributed by atoms with Gasteiger partial charge in [-0.3, -0.25) is 9.79 Å². The number of rotatable bonds is 9. The predicted octanol–water partition coefficient (Wildman–Crippen LogP) is 2.28. The maximum Gasteiger partial charge on any atom is 0.221 e. The molecule has 3 N–H and O–H groups in total. The van der Waals surface area contributed by atoms with E-state index in [0.29, 0.717) is 18.4 Å². The first kappa shape index (κ1) is 18.8. The number of nitrogens with zero attached hydrogens (tertiary/aromatic N) is 1. The van der Waals surface area contributed by atoms with Gasteiger partial charge in [-0.1, -0.05) is 27.2 Å². The fraction of sp³-hybridized carbons (Fsp3) is 0.882. The standard InChI is InChI=1S/C17H34N4O/c1-5-10-19-15(22)7-11-20-16(18-4)21-13-17(8-6-9-17)12-14(2)3/h14H,5-13H2,1-4H3,(H,19,22)(H2,18,20,21). The summed E-state index contributed by atoms with van der Waals surface area (Å²) in [5, 5.41) is 9.55. The summed E-state index contributed by atoms with van der Waals surface area (Å²) in [5.41, 5.74) is 0.449. The van der Waals surface area contributed by atoms with Gasteiger partial charge >= 0.3 is 0 Å². The van der Waals surface area contributed by atoms with Crippen molar-refractivity contribution >= 4 is 11.9 Å². The summed E-state index contributed by atoms with van der Waals surface area (Å²) in [5.74, 6) is 1.64. The average molecular weight is 310 g/mol. The minimum atomic E-state index is 0.0973. The van der Waals surface area contributed by atoms with Gasteiger partial charge in [-0.05, 0) is 37.0 Å². The molecule has 0 aromatic carbocycles. The molecule has 128 valence electrons. The van der Waals surface area contributed by atoms with Crippen LogP contribution in [0.3, 0.4) is 0 Å². The van der Waals surface area contributed by atoms with Crippen LogP contribution in [0.5, 0.6) is 0 Å². The summed E-state index contributed by atoms with van der Waals surface area (Å²) < 4.78 is 0. The quantitative estimate of drug-likeness (QED) is 0.452. The predicted molar refractivity (Wildman–Crippen MR) is 93.0 cm³/mol. The smallest absolute Gasteiger partial charge is 0.221 e. The lowest BCUT2D eigenvalue weighted by Gasteiger charge is -2.43. The van der Waals surface area contributed by atoms with Crippen LogP contribution in [0.15, 0.2) is 4.99 Å². The van der Waals surface area contributed by atoms with E-state index in [-0.39, 0.29) is 5.91 Å². The summed E-state index contributed by atoms with van der Waals surface area (Å²) >= 11 is 0. The number of hydrogen-bond acceptors (Lipinski definition) is 2. The normalized spacial score (nSPS) is 17.0. The van der Waals surface area contributed by atoms with Crippen LogP contribution in [0.25, 0.3) is 0 Å². The highest BCUT2D eigenvalue weighted by Gasteiger charge is 2.37. The number of guanidine groups is 1. The van der Waals surface area contributed by atoms with Gasteiger partial charge in [-0.25, -0.2) is 0 Å². The average Bonchev–Trinajstić information content (AvgIpc) is 2.45. The lowest BCUT2D eigenvalue weighted by Crippen LogP contribution is -2.47. The van der Waals surface area contributed by atoms with Crippen molar-refractivity contribution in [3.63, 3.8) is 0 Å². The molecule has 0 atom stereocenters. The third kappa shape index (κ3) is 6.67. The van der Waals surface area contributed by atoms with Crippen molar-refractivity contribution in [2.75, 3.05) is 26.7 Å². The maximum absolute atomic E-state index is 11.6. The number of aliphatic imine (C=N–C) groups is 1. The fourth-order valence-electron chi connectivity index (χ4n) is 3.13. The Hall–Kier alpha value is -1.26.